The molecule has 0 N–H and O–H groups in total. The smallest absolute Gasteiger partial charge is 0.246 e. The minimum Gasteiger partial charge on any atom is -0.439 e. The zero-order valence-corrected chi connectivity index (χ0v) is 15.1. The van der Waals surface area contributed by atoms with Crippen LogP contribution >= 0.6 is 0 Å². The highest BCUT2D eigenvalue weighted by Gasteiger charge is 2.31. The lowest BCUT2D eigenvalue weighted by Crippen LogP contribution is -2.48. The standard InChI is InChI=1S/C18H17F2N3O3S/c19-13-5-6-14(20)17(11-13)27(24,25)23-9-7-22(8-10-23)12-18-21-15-3-1-2-4-16(15)26-18/h1-6,11H,7-10,12H2. The van der Waals surface area contributed by atoms with Crippen LogP contribution < -0.4 is 0 Å². The van der Waals surface area contributed by atoms with Crippen LogP contribution in [0.15, 0.2) is 51.8 Å². The number of benzene rings is 2. The first-order chi connectivity index (χ1) is 12.9. The highest BCUT2D eigenvalue weighted by atomic mass is 32.2. The second-order valence-electron chi connectivity index (χ2n) is 6.33. The topological polar surface area (TPSA) is 66.7 Å². The maximum Gasteiger partial charge on any atom is 0.246 e. The van der Waals surface area contributed by atoms with E-state index in [2.05, 4.69) is 4.98 Å². The Morgan fingerprint density at radius 1 is 1.04 bits per heavy atom. The minimum atomic E-state index is -4.08. The number of halogens is 2. The Bertz CT molecular complexity index is 1040. The summed E-state index contributed by atoms with van der Waals surface area (Å²) in [5, 5.41) is 0. The number of nitrogens with zero attached hydrogens (tertiary/aromatic N) is 3. The van der Waals surface area contributed by atoms with Crippen LogP contribution in [0, 0.1) is 11.6 Å². The molecule has 0 amide bonds. The lowest BCUT2D eigenvalue weighted by atomic mass is 10.3. The van der Waals surface area contributed by atoms with Crippen molar-refractivity contribution in [1.82, 2.24) is 14.2 Å². The Morgan fingerprint density at radius 2 is 1.78 bits per heavy atom. The third-order valence-corrected chi connectivity index (χ3v) is 6.45. The van der Waals surface area contributed by atoms with Crippen LogP contribution in [0.2, 0.25) is 0 Å². The molecule has 0 unspecified atom stereocenters. The molecule has 1 saturated heterocycles. The Morgan fingerprint density at radius 3 is 2.52 bits per heavy atom. The fraction of sp³-hybridized carbons (Fsp3) is 0.278. The molecule has 3 aromatic rings. The molecular formula is C18H17F2N3O3S. The Kier molecular flexibility index (Phi) is 4.67. The van der Waals surface area contributed by atoms with E-state index in [1.807, 2.05) is 29.2 Å². The van der Waals surface area contributed by atoms with E-state index in [0.29, 0.717) is 31.1 Å². The van der Waals surface area contributed by atoms with Gasteiger partial charge in [0.05, 0.1) is 6.54 Å². The van der Waals surface area contributed by atoms with Gasteiger partial charge in [-0.2, -0.15) is 4.31 Å². The first-order valence-electron chi connectivity index (χ1n) is 8.45. The van der Waals surface area contributed by atoms with E-state index in [-0.39, 0.29) is 13.1 Å². The highest BCUT2D eigenvalue weighted by Crippen LogP contribution is 2.22. The number of oxazole rings is 1. The first kappa shape index (κ1) is 18.0. The lowest BCUT2D eigenvalue weighted by Gasteiger charge is -2.33. The van der Waals surface area contributed by atoms with Gasteiger partial charge in [0.1, 0.15) is 22.0 Å². The van der Waals surface area contributed by atoms with Crippen LogP contribution in [0.3, 0.4) is 0 Å². The van der Waals surface area contributed by atoms with Crippen molar-refractivity contribution in [2.45, 2.75) is 11.4 Å². The molecule has 27 heavy (non-hydrogen) atoms. The van der Waals surface area contributed by atoms with Crippen molar-refractivity contribution in [3.63, 3.8) is 0 Å². The summed E-state index contributed by atoms with van der Waals surface area (Å²) in [4.78, 5) is 5.79. The molecule has 1 aromatic heterocycles. The third kappa shape index (κ3) is 3.58. The minimum absolute atomic E-state index is 0.179. The Hall–Kier alpha value is -2.36. The average molecular weight is 393 g/mol. The van der Waals surface area contributed by atoms with Gasteiger partial charge in [0.15, 0.2) is 5.58 Å². The number of piperazine rings is 1. The van der Waals surface area contributed by atoms with Gasteiger partial charge in [0, 0.05) is 26.2 Å². The molecular weight excluding hydrogens is 376 g/mol. The molecule has 0 atom stereocenters. The first-order valence-corrected chi connectivity index (χ1v) is 9.89. The molecule has 0 radical (unpaired) electrons. The van der Waals surface area contributed by atoms with E-state index in [9.17, 15) is 17.2 Å². The molecule has 9 heteroatoms. The summed E-state index contributed by atoms with van der Waals surface area (Å²) in [5.41, 5.74) is 1.48. The van der Waals surface area contributed by atoms with Gasteiger partial charge in [-0.3, -0.25) is 4.90 Å². The van der Waals surface area contributed by atoms with Crippen LogP contribution in [-0.2, 0) is 16.6 Å². The van der Waals surface area contributed by atoms with Gasteiger partial charge in [-0.25, -0.2) is 22.2 Å². The molecule has 0 aliphatic carbocycles. The van der Waals surface area contributed by atoms with Crippen LogP contribution in [0.5, 0.6) is 0 Å². The van der Waals surface area contributed by atoms with E-state index in [4.69, 9.17) is 4.42 Å². The van der Waals surface area contributed by atoms with Crippen molar-refractivity contribution in [3.8, 4) is 0 Å². The lowest BCUT2D eigenvalue weighted by molar-refractivity contribution is 0.169. The fourth-order valence-electron chi connectivity index (χ4n) is 3.12. The molecule has 4 rings (SSSR count). The van der Waals surface area contributed by atoms with Crippen molar-refractivity contribution in [3.05, 3.63) is 60.0 Å². The van der Waals surface area contributed by atoms with E-state index in [1.165, 1.54) is 4.31 Å². The molecule has 2 heterocycles. The van der Waals surface area contributed by atoms with Gasteiger partial charge >= 0.3 is 0 Å². The number of rotatable bonds is 4. The second-order valence-corrected chi connectivity index (χ2v) is 8.24. The highest BCUT2D eigenvalue weighted by molar-refractivity contribution is 7.89. The van der Waals surface area contributed by atoms with Gasteiger partial charge in [-0.15, -0.1) is 0 Å². The zero-order valence-electron chi connectivity index (χ0n) is 14.3. The van der Waals surface area contributed by atoms with Crippen molar-refractivity contribution in [2.24, 2.45) is 0 Å². The van der Waals surface area contributed by atoms with E-state index >= 15 is 0 Å². The molecule has 6 nitrogen and oxygen atoms in total. The van der Waals surface area contributed by atoms with Crippen molar-refractivity contribution < 1.29 is 21.6 Å². The fourth-order valence-corrected chi connectivity index (χ4v) is 4.62. The summed E-state index contributed by atoms with van der Waals surface area (Å²) >= 11 is 0. The number of aromatic nitrogens is 1. The van der Waals surface area contributed by atoms with Gasteiger partial charge in [-0.05, 0) is 30.3 Å². The van der Waals surface area contributed by atoms with Gasteiger partial charge in [0.25, 0.3) is 0 Å². The zero-order chi connectivity index (χ0) is 19.0. The van der Waals surface area contributed by atoms with E-state index in [0.717, 1.165) is 23.7 Å². The predicted molar refractivity (Wildman–Crippen MR) is 94.4 cm³/mol. The van der Waals surface area contributed by atoms with Gasteiger partial charge < -0.3 is 4.42 Å². The number of hydrogen-bond donors (Lipinski definition) is 0. The summed E-state index contributed by atoms with van der Waals surface area (Å²) in [6.07, 6.45) is 0. The SMILES string of the molecule is O=S(=O)(c1cc(F)ccc1F)N1CCN(Cc2nc3ccccc3o2)CC1. The molecule has 142 valence electrons. The van der Waals surface area contributed by atoms with Crippen molar-refractivity contribution in [1.29, 1.82) is 0 Å². The molecule has 1 aliphatic rings. The summed E-state index contributed by atoms with van der Waals surface area (Å²) in [5.74, 6) is -1.18. The number of fused-ring (bicyclic) bond motifs is 1. The maximum absolute atomic E-state index is 13.9. The van der Waals surface area contributed by atoms with E-state index in [1.54, 1.807) is 0 Å². The van der Waals surface area contributed by atoms with Gasteiger partial charge in [-0.1, -0.05) is 12.1 Å². The third-order valence-electron chi connectivity index (χ3n) is 4.54. The van der Waals surface area contributed by atoms with Crippen LogP contribution in [-0.4, -0.2) is 48.8 Å². The molecule has 1 aliphatic heterocycles. The summed E-state index contributed by atoms with van der Waals surface area (Å²) < 4.78 is 59.3. The summed E-state index contributed by atoms with van der Waals surface area (Å²) in [6.45, 7) is 1.69. The van der Waals surface area contributed by atoms with Crippen molar-refractivity contribution >= 4 is 21.1 Å². The molecule has 0 bridgehead atoms. The predicted octanol–water partition coefficient (Wildman–Crippen LogP) is 2.61. The number of para-hydroxylation sites is 2. The quantitative estimate of drug-likeness (QED) is 0.682. The van der Waals surface area contributed by atoms with Crippen LogP contribution in [0.4, 0.5) is 8.78 Å². The monoisotopic (exact) mass is 393 g/mol. The van der Waals surface area contributed by atoms with Crippen molar-refractivity contribution in [2.75, 3.05) is 26.2 Å². The average Bonchev–Trinajstić information content (AvgIpc) is 3.06. The summed E-state index contributed by atoms with van der Waals surface area (Å²) in [7, 11) is -4.08. The molecule has 1 fully saturated rings. The number of sulfonamides is 1. The Balaban J connectivity index is 1.44. The number of hydrogen-bond acceptors (Lipinski definition) is 5. The van der Waals surface area contributed by atoms with Gasteiger partial charge in [0.2, 0.25) is 15.9 Å². The largest absolute Gasteiger partial charge is 0.439 e. The maximum atomic E-state index is 13.9. The molecule has 0 saturated carbocycles. The summed E-state index contributed by atoms with van der Waals surface area (Å²) in [6, 6.07) is 9.88. The molecule has 2 aromatic carbocycles. The van der Waals surface area contributed by atoms with Crippen LogP contribution in [0.1, 0.15) is 5.89 Å². The van der Waals surface area contributed by atoms with Crippen LogP contribution in [0.25, 0.3) is 11.1 Å². The Labute approximate surface area is 155 Å². The molecule has 0 spiro atoms. The van der Waals surface area contributed by atoms with E-state index < -0.39 is 26.6 Å². The second kappa shape index (κ2) is 6.99. The normalized spacial score (nSPS) is 16.8.